The molecule has 1 heterocycles. The zero-order chi connectivity index (χ0) is 15.8. The number of piperidine rings is 1. The Balaban J connectivity index is 1.90. The molecule has 0 atom stereocenters. The maximum atomic E-state index is 12.6. The van der Waals surface area contributed by atoms with Gasteiger partial charge in [-0.2, -0.15) is 0 Å². The first-order valence-electron chi connectivity index (χ1n) is 8.22. The van der Waals surface area contributed by atoms with Crippen molar-refractivity contribution in [3.05, 3.63) is 35.9 Å². The number of benzene rings is 1. The van der Waals surface area contributed by atoms with Crippen molar-refractivity contribution in [3.63, 3.8) is 0 Å². The van der Waals surface area contributed by atoms with Crippen molar-refractivity contribution >= 4 is 5.91 Å². The summed E-state index contributed by atoms with van der Waals surface area (Å²) in [5.41, 5.74) is 1.17. The number of ether oxygens (including phenoxy) is 1. The van der Waals surface area contributed by atoms with Gasteiger partial charge in [-0.3, -0.25) is 9.69 Å². The SMILES string of the molecule is COCCN(Cc1ccccc1)C(=O)CN1CCC(C)CC1. The number of amides is 1. The molecule has 0 N–H and O–H groups in total. The number of rotatable bonds is 7. The highest BCUT2D eigenvalue weighted by molar-refractivity contribution is 5.78. The van der Waals surface area contributed by atoms with E-state index in [9.17, 15) is 4.79 Å². The fourth-order valence-corrected chi connectivity index (χ4v) is 2.81. The standard InChI is InChI=1S/C18H28N2O2/c1-16-8-10-19(11-9-16)15-18(21)20(12-13-22-2)14-17-6-4-3-5-7-17/h3-7,16H,8-15H2,1-2H3. The van der Waals surface area contributed by atoms with Crippen LogP contribution in [0, 0.1) is 5.92 Å². The summed E-state index contributed by atoms with van der Waals surface area (Å²) in [6.07, 6.45) is 2.40. The van der Waals surface area contributed by atoms with Gasteiger partial charge < -0.3 is 9.64 Å². The molecule has 4 nitrogen and oxygen atoms in total. The van der Waals surface area contributed by atoms with E-state index < -0.39 is 0 Å². The highest BCUT2D eigenvalue weighted by atomic mass is 16.5. The van der Waals surface area contributed by atoms with E-state index in [-0.39, 0.29) is 5.91 Å². The van der Waals surface area contributed by atoms with Gasteiger partial charge in [0.15, 0.2) is 0 Å². The molecular formula is C18H28N2O2. The molecule has 4 heteroatoms. The first-order chi connectivity index (χ1) is 10.7. The number of carbonyl (C=O) groups excluding carboxylic acids is 1. The van der Waals surface area contributed by atoms with E-state index in [1.165, 1.54) is 18.4 Å². The lowest BCUT2D eigenvalue weighted by Crippen LogP contribution is -2.43. The summed E-state index contributed by atoms with van der Waals surface area (Å²) in [5.74, 6) is 0.996. The maximum absolute atomic E-state index is 12.6. The van der Waals surface area contributed by atoms with Crippen molar-refractivity contribution in [2.45, 2.75) is 26.3 Å². The third kappa shape index (κ3) is 5.43. The third-order valence-corrected chi connectivity index (χ3v) is 4.37. The van der Waals surface area contributed by atoms with Gasteiger partial charge in [0.2, 0.25) is 5.91 Å². The molecule has 0 aliphatic carbocycles. The van der Waals surface area contributed by atoms with Crippen LogP contribution in [0.1, 0.15) is 25.3 Å². The number of methoxy groups -OCH3 is 1. The second-order valence-corrected chi connectivity index (χ2v) is 6.25. The van der Waals surface area contributed by atoms with Crippen LogP contribution in [0.5, 0.6) is 0 Å². The normalized spacial score (nSPS) is 16.6. The Morgan fingerprint density at radius 1 is 1.27 bits per heavy atom. The topological polar surface area (TPSA) is 32.8 Å². The smallest absolute Gasteiger partial charge is 0.237 e. The van der Waals surface area contributed by atoms with Crippen LogP contribution >= 0.6 is 0 Å². The number of carbonyl (C=O) groups is 1. The molecule has 0 spiro atoms. The van der Waals surface area contributed by atoms with Gasteiger partial charge >= 0.3 is 0 Å². The van der Waals surface area contributed by atoms with Crippen LogP contribution in [-0.4, -0.2) is 55.6 Å². The minimum atomic E-state index is 0.204. The summed E-state index contributed by atoms with van der Waals surface area (Å²) in [6, 6.07) is 10.2. The van der Waals surface area contributed by atoms with Crippen LogP contribution in [0.3, 0.4) is 0 Å². The Kier molecular flexibility index (Phi) is 6.87. The van der Waals surface area contributed by atoms with Crippen LogP contribution in [-0.2, 0) is 16.1 Å². The highest BCUT2D eigenvalue weighted by Crippen LogP contribution is 2.16. The predicted molar refractivity (Wildman–Crippen MR) is 88.6 cm³/mol. The van der Waals surface area contributed by atoms with E-state index in [1.807, 2.05) is 23.1 Å². The number of likely N-dealkylation sites (tertiary alicyclic amines) is 1. The molecule has 0 bridgehead atoms. The van der Waals surface area contributed by atoms with E-state index >= 15 is 0 Å². The second kappa shape index (κ2) is 8.91. The average molecular weight is 304 g/mol. The summed E-state index contributed by atoms with van der Waals surface area (Å²) >= 11 is 0. The monoisotopic (exact) mass is 304 g/mol. The van der Waals surface area contributed by atoms with Crippen molar-refractivity contribution < 1.29 is 9.53 Å². The highest BCUT2D eigenvalue weighted by Gasteiger charge is 2.21. The summed E-state index contributed by atoms with van der Waals surface area (Å²) in [4.78, 5) is 16.8. The Morgan fingerprint density at radius 2 is 1.95 bits per heavy atom. The van der Waals surface area contributed by atoms with Gasteiger partial charge in [0, 0.05) is 20.2 Å². The summed E-state index contributed by atoms with van der Waals surface area (Å²) in [5, 5.41) is 0. The van der Waals surface area contributed by atoms with Crippen LogP contribution in [0.25, 0.3) is 0 Å². The predicted octanol–water partition coefficient (Wildman–Crippen LogP) is 2.39. The second-order valence-electron chi connectivity index (χ2n) is 6.25. The van der Waals surface area contributed by atoms with E-state index in [0.717, 1.165) is 19.0 Å². The first-order valence-corrected chi connectivity index (χ1v) is 8.22. The first kappa shape index (κ1) is 17.0. The van der Waals surface area contributed by atoms with E-state index in [1.54, 1.807) is 7.11 Å². The summed E-state index contributed by atoms with van der Waals surface area (Å²) in [7, 11) is 1.68. The van der Waals surface area contributed by atoms with Crippen molar-refractivity contribution in [3.8, 4) is 0 Å². The molecule has 1 amide bonds. The fraction of sp³-hybridized carbons (Fsp3) is 0.611. The zero-order valence-electron chi connectivity index (χ0n) is 13.8. The van der Waals surface area contributed by atoms with Crippen molar-refractivity contribution in [1.82, 2.24) is 9.80 Å². The Hall–Kier alpha value is -1.39. The van der Waals surface area contributed by atoms with Gasteiger partial charge in [0.1, 0.15) is 0 Å². The number of nitrogens with zero attached hydrogens (tertiary/aromatic N) is 2. The lowest BCUT2D eigenvalue weighted by molar-refractivity contribution is -0.134. The van der Waals surface area contributed by atoms with E-state index in [4.69, 9.17) is 4.74 Å². The average Bonchev–Trinajstić information content (AvgIpc) is 2.54. The van der Waals surface area contributed by atoms with Crippen LogP contribution in [0.4, 0.5) is 0 Å². The number of hydrogen-bond donors (Lipinski definition) is 0. The van der Waals surface area contributed by atoms with E-state index in [2.05, 4.69) is 24.0 Å². The maximum Gasteiger partial charge on any atom is 0.237 e. The lowest BCUT2D eigenvalue weighted by Gasteiger charge is -2.32. The van der Waals surface area contributed by atoms with Gasteiger partial charge in [-0.15, -0.1) is 0 Å². The molecule has 0 unspecified atom stereocenters. The summed E-state index contributed by atoms with van der Waals surface area (Å²) in [6.45, 7) is 6.78. The fourth-order valence-electron chi connectivity index (χ4n) is 2.81. The molecule has 0 radical (unpaired) electrons. The molecule has 1 fully saturated rings. The molecule has 1 aromatic rings. The lowest BCUT2D eigenvalue weighted by atomic mass is 9.99. The van der Waals surface area contributed by atoms with Crippen LogP contribution in [0.2, 0.25) is 0 Å². The molecule has 1 saturated heterocycles. The largest absolute Gasteiger partial charge is 0.383 e. The molecule has 2 rings (SSSR count). The van der Waals surface area contributed by atoms with Gasteiger partial charge in [-0.1, -0.05) is 37.3 Å². The van der Waals surface area contributed by atoms with Gasteiger partial charge in [0.05, 0.1) is 13.2 Å². The van der Waals surface area contributed by atoms with Crippen LogP contribution < -0.4 is 0 Å². The van der Waals surface area contributed by atoms with Crippen molar-refractivity contribution in [2.75, 3.05) is 39.9 Å². The Labute approximate surface area is 134 Å². The van der Waals surface area contributed by atoms with Crippen molar-refractivity contribution in [1.29, 1.82) is 0 Å². The molecular weight excluding hydrogens is 276 g/mol. The van der Waals surface area contributed by atoms with E-state index in [0.29, 0.717) is 26.2 Å². The Morgan fingerprint density at radius 3 is 2.59 bits per heavy atom. The number of hydrogen-bond acceptors (Lipinski definition) is 3. The van der Waals surface area contributed by atoms with Gasteiger partial charge in [-0.05, 0) is 37.4 Å². The molecule has 1 aliphatic rings. The molecule has 0 aromatic heterocycles. The molecule has 122 valence electrons. The molecule has 1 aliphatic heterocycles. The Bertz CT molecular complexity index is 442. The third-order valence-electron chi connectivity index (χ3n) is 4.37. The van der Waals surface area contributed by atoms with Crippen LogP contribution in [0.15, 0.2) is 30.3 Å². The molecule has 0 saturated carbocycles. The molecule has 22 heavy (non-hydrogen) atoms. The van der Waals surface area contributed by atoms with Crippen molar-refractivity contribution in [2.24, 2.45) is 5.92 Å². The summed E-state index contributed by atoms with van der Waals surface area (Å²) < 4.78 is 5.16. The quantitative estimate of drug-likeness (QED) is 0.775. The minimum Gasteiger partial charge on any atom is -0.383 e. The molecule has 1 aromatic carbocycles. The minimum absolute atomic E-state index is 0.204. The van der Waals surface area contributed by atoms with Gasteiger partial charge in [-0.25, -0.2) is 0 Å². The zero-order valence-corrected chi connectivity index (χ0v) is 13.8. The van der Waals surface area contributed by atoms with Gasteiger partial charge in [0.25, 0.3) is 0 Å².